The number of hydrogen-bond donors (Lipinski definition) is 1. The molecule has 0 unspecified atom stereocenters. The third-order valence-corrected chi connectivity index (χ3v) is 8.30. The summed E-state index contributed by atoms with van der Waals surface area (Å²) in [5, 5.41) is 16.1. The molecule has 1 aliphatic heterocycles. The third-order valence-electron chi connectivity index (χ3n) is 7.21. The Kier molecular flexibility index (Phi) is 8.15. The molecule has 3 aromatic carbocycles. The van der Waals surface area contributed by atoms with Gasteiger partial charge in [-0.3, -0.25) is 14.5 Å². The number of piperazine rings is 1. The van der Waals surface area contributed by atoms with Crippen molar-refractivity contribution in [1.82, 2.24) is 24.6 Å². The first kappa shape index (κ1) is 26.6. The summed E-state index contributed by atoms with van der Waals surface area (Å²) >= 11 is 1.67. The monoisotopic (exact) mass is 557 g/mol. The molecule has 1 saturated heterocycles. The largest absolute Gasteiger partial charge is 0.491 e. The van der Waals surface area contributed by atoms with Crippen LogP contribution in [0, 0.1) is 5.82 Å². The third kappa shape index (κ3) is 6.56. The molecule has 1 fully saturated rings. The molecule has 7 nitrogen and oxygen atoms in total. The molecule has 1 N–H and O–H groups in total. The number of benzene rings is 3. The Balaban J connectivity index is 0.927. The van der Waals surface area contributed by atoms with E-state index in [1.54, 1.807) is 23.5 Å². The van der Waals surface area contributed by atoms with E-state index in [-0.39, 0.29) is 12.4 Å². The summed E-state index contributed by atoms with van der Waals surface area (Å²) in [7, 11) is 0. The summed E-state index contributed by atoms with van der Waals surface area (Å²) in [6.07, 6.45) is 3.27. The zero-order valence-corrected chi connectivity index (χ0v) is 23.0. The Morgan fingerprint density at radius 1 is 0.875 bits per heavy atom. The maximum absolute atomic E-state index is 13.2. The minimum atomic E-state index is -0.563. The van der Waals surface area contributed by atoms with Gasteiger partial charge in [0.2, 0.25) is 0 Å². The van der Waals surface area contributed by atoms with Gasteiger partial charge < -0.3 is 9.84 Å². The van der Waals surface area contributed by atoms with Gasteiger partial charge in [0.25, 0.3) is 0 Å². The lowest BCUT2D eigenvalue weighted by Crippen LogP contribution is -2.49. The minimum absolute atomic E-state index is 0.235. The predicted molar refractivity (Wildman–Crippen MR) is 157 cm³/mol. The first-order valence-electron chi connectivity index (χ1n) is 13.6. The molecule has 1 aliphatic rings. The summed E-state index contributed by atoms with van der Waals surface area (Å²) in [5.41, 5.74) is 3.97. The second-order valence-corrected chi connectivity index (χ2v) is 11.2. The number of aliphatic hydroxyl groups excluding tert-OH is 1. The van der Waals surface area contributed by atoms with Gasteiger partial charge in [0, 0.05) is 62.7 Å². The predicted octanol–water partition coefficient (Wildman–Crippen LogP) is 5.02. The smallest absolute Gasteiger partial charge is 0.124 e. The summed E-state index contributed by atoms with van der Waals surface area (Å²) in [6.45, 7) is 6.26. The standard InChI is InChI=1S/C31H32FN5O2S/c32-26-8-6-23(7-9-26)25-19-33-37(20-25)17-16-35-12-14-36(15-13-35)21-27(38)22-39-28-10-11-30-29(18-28)34-31(40-30)24-4-2-1-3-5-24/h1-11,18-20,27,38H,12-17,21-22H2/t27-/m1/s1. The van der Waals surface area contributed by atoms with Crippen LogP contribution in [0.3, 0.4) is 0 Å². The summed E-state index contributed by atoms with van der Waals surface area (Å²) in [6, 6.07) is 22.6. The lowest BCUT2D eigenvalue weighted by Gasteiger charge is -2.35. The highest BCUT2D eigenvalue weighted by molar-refractivity contribution is 7.21. The quantitative estimate of drug-likeness (QED) is 0.260. The Hall–Kier alpha value is -3.63. The normalized spacial score (nSPS) is 15.4. The molecule has 5 aromatic rings. The van der Waals surface area contributed by atoms with Gasteiger partial charge in [0.15, 0.2) is 0 Å². The lowest BCUT2D eigenvalue weighted by molar-refractivity contribution is 0.0453. The zero-order valence-electron chi connectivity index (χ0n) is 22.2. The Morgan fingerprint density at radius 3 is 2.45 bits per heavy atom. The number of halogens is 1. The first-order valence-corrected chi connectivity index (χ1v) is 14.4. The minimum Gasteiger partial charge on any atom is -0.491 e. The molecule has 0 bridgehead atoms. The fourth-order valence-electron chi connectivity index (χ4n) is 4.96. The van der Waals surface area contributed by atoms with Gasteiger partial charge in [-0.2, -0.15) is 5.10 Å². The molecule has 40 heavy (non-hydrogen) atoms. The molecule has 0 saturated carbocycles. The van der Waals surface area contributed by atoms with E-state index in [1.165, 1.54) is 12.1 Å². The van der Waals surface area contributed by atoms with Gasteiger partial charge in [-0.05, 0) is 29.8 Å². The topological polar surface area (TPSA) is 66.7 Å². The van der Waals surface area contributed by atoms with Crippen molar-refractivity contribution in [3.05, 3.63) is 91.0 Å². The van der Waals surface area contributed by atoms with Crippen LogP contribution in [0.15, 0.2) is 85.2 Å². The molecule has 3 heterocycles. The molecular weight excluding hydrogens is 525 g/mol. The Morgan fingerprint density at radius 2 is 1.65 bits per heavy atom. The van der Waals surface area contributed by atoms with Crippen molar-refractivity contribution in [2.75, 3.05) is 45.9 Å². The van der Waals surface area contributed by atoms with Gasteiger partial charge in [-0.15, -0.1) is 11.3 Å². The second-order valence-electron chi connectivity index (χ2n) is 10.1. The molecule has 0 aliphatic carbocycles. The SMILES string of the molecule is O[C@@H](COc1ccc2sc(-c3ccccc3)nc2c1)CN1CCN(CCn2cc(-c3ccc(F)cc3)cn2)CC1. The van der Waals surface area contributed by atoms with Crippen molar-refractivity contribution >= 4 is 21.6 Å². The molecule has 0 radical (unpaired) electrons. The molecular formula is C31H32FN5O2S. The van der Waals surface area contributed by atoms with E-state index >= 15 is 0 Å². The zero-order chi connectivity index (χ0) is 27.3. The summed E-state index contributed by atoms with van der Waals surface area (Å²) in [5.74, 6) is 0.490. The van der Waals surface area contributed by atoms with E-state index in [1.807, 2.05) is 53.5 Å². The highest BCUT2D eigenvalue weighted by Gasteiger charge is 2.20. The van der Waals surface area contributed by atoms with Crippen molar-refractivity contribution in [2.45, 2.75) is 12.6 Å². The number of rotatable bonds is 10. The van der Waals surface area contributed by atoms with E-state index in [0.717, 1.165) is 76.9 Å². The van der Waals surface area contributed by atoms with E-state index in [0.29, 0.717) is 6.54 Å². The van der Waals surface area contributed by atoms with Crippen LogP contribution in [0.5, 0.6) is 5.75 Å². The summed E-state index contributed by atoms with van der Waals surface area (Å²) in [4.78, 5) is 9.48. The maximum Gasteiger partial charge on any atom is 0.124 e. The number of aromatic nitrogens is 3. The van der Waals surface area contributed by atoms with Crippen molar-refractivity contribution in [2.24, 2.45) is 0 Å². The number of β-amino-alcohol motifs (C(OH)–C–C–N with tert-alkyl or cyclic N) is 1. The fourth-order valence-corrected chi connectivity index (χ4v) is 5.91. The van der Waals surface area contributed by atoms with Crippen LogP contribution in [0.25, 0.3) is 31.9 Å². The molecule has 2 aromatic heterocycles. The second kappa shape index (κ2) is 12.3. The van der Waals surface area contributed by atoms with Crippen LogP contribution in [0.1, 0.15) is 0 Å². The van der Waals surface area contributed by atoms with Gasteiger partial charge in [0.1, 0.15) is 29.3 Å². The molecule has 0 spiro atoms. The van der Waals surface area contributed by atoms with Crippen LogP contribution < -0.4 is 4.74 Å². The van der Waals surface area contributed by atoms with E-state index in [2.05, 4.69) is 27.0 Å². The molecule has 9 heteroatoms. The Labute approximate surface area is 237 Å². The number of thiazole rings is 1. The van der Waals surface area contributed by atoms with Gasteiger partial charge in [-0.1, -0.05) is 42.5 Å². The summed E-state index contributed by atoms with van der Waals surface area (Å²) < 4.78 is 22.2. The highest BCUT2D eigenvalue weighted by Crippen LogP contribution is 2.32. The van der Waals surface area contributed by atoms with E-state index in [4.69, 9.17) is 9.72 Å². The van der Waals surface area contributed by atoms with Gasteiger partial charge >= 0.3 is 0 Å². The van der Waals surface area contributed by atoms with E-state index in [9.17, 15) is 9.50 Å². The number of ether oxygens (including phenoxy) is 1. The molecule has 6 rings (SSSR count). The van der Waals surface area contributed by atoms with E-state index < -0.39 is 6.10 Å². The highest BCUT2D eigenvalue weighted by atomic mass is 32.1. The van der Waals surface area contributed by atoms with Crippen LogP contribution >= 0.6 is 11.3 Å². The van der Waals surface area contributed by atoms with Crippen molar-refractivity contribution in [3.63, 3.8) is 0 Å². The average molecular weight is 558 g/mol. The lowest BCUT2D eigenvalue weighted by atomic mass is 10.1. The molecule has 206 valence electrons. The van der Waals surface area contributed by atoms with Crippen LogP contribution in [0.4, 0.5) is 4.39 Å². The van der Waals surface area contributed by atoms with Gasteiger partial charge in [0.05, 0.1) is 23.0 Å². The average Bonchev–Trinajstić information content (AvgIpc) is 3.64. The van der Waals surface area contributed by atoms with Crippen LogP contribution in [0.2, 0.25) is 0 Å². The fraction of sp³-hybridized carbons (Fsp3) is 0.290. The molecule has 1 atom stereocenters. The number of nitrogens with zero attached hydrogens (tertiary/aromatic N) is 5. The Bertz CT molecular complexity index is 1530. The number of hydrogen-bond acceptors (Lipinski definition) is 7. The first-order chi connectivity index (χ1) is 19.6. The van der Waals surface area contributed by atoms with Gasteiger partial charge in [-0.25, -0.2) is 9.37 Å². The molecule has 0 amide bonds. The maximum atomic E-state index is 13.2. The van der Waals surface area contributed by atoms with Crippen molar-refractivity contribution in [3.8, 4) is 27.4 Å². The number of fused-ring (bicyclic) bond motifs is 1. The number of aliphatic hydroxyl groups is 1. The van der Waals surface area contributed by atoms with Crippen molar-refractivity contribution < 1.29 is 14.2 Å². The van der Waals surface area contributed by atoms with Crippen LogP contribution in [-0.2, 0) is 6.54 Å². The van der Waals surface area contributed by atoms with Crippen LogP contribution in [-0.4, -0.2) is 81.7 Å². The van der Waals surface area contributed by atoms with Crippen molar-refractivity contribution in [1.29, 1.82) is 0 Å².